The smallest absolute Gasteiger partial charge is 0.326 e. The Labute approximate surface area is 158 Å². The third-order valence-electron chi connectivity index (χ3n) is 4.16. The van der Waals surface area contributed by atoms with Crippen molar-refractivity contribution in [3.63, 3.8) is 0 Å². The van der Waals surface area contributed by atoms with Crippen LogP contribution in [0.25, 0.3) is 0 Å². The van der Waals surface area contributed by atoms with Crippen LogP contribution >= 0.6 is 0 Å². The zero-order valence-electron chi connectivity index (χ0n) is 15.2. The summed E-state index contributed by atoms with van der Waals surface area (Å²) in [4.78, 5) is 35.6. The van der Waals surface area contributed by atoms with Crippen LogP contribution < -0.4 is 10.6 Å². The standard InChI is InChI=1S/C21H24N2O4/c1-15(24)22-19(14-17-10-6-3-7-11-17)20(25)23-18(21(26)27)13-12-16-8-4-2-5-9-16/h2-11,18-19H,12-14H2,1H3,(H,22,24)(H,23,25)(H,26,27)/t18-,19+/m1/s1. The molecule has 0 heterocycles. The molecule has 0 radical (unpaired) electrons. The summed E-state index contributed by atoms with van der Waals surface area (Å²) in [6, 6.07) is 16.9. The van der Waals surface area contributed by atoms with Gasteiger partial charge in [0.2, 0.25) is 11.8 Å². The van der Waals surface area contributed by atoms with Crippen LogP contribution in [0.3, 0.4) is 0 Å². The molecule has 0 saturated heterocycles. The van der Waals surface area contributed by atoms with Gasteiger partial charge in [0.15, 0.2) is 0 Å². The number of benzene rings is 2. The lowest BCUT2D eigenvalue weighted by Crippen LogP contribution is -2.52. The number of hydrogen-bond acceptors (Lipinski definition) is 3. The Balaban J connectivity index is 2.02. The van der Waals surface area contributed by atoms with Gasteiger partial charge in [-0.15, -0.1) is 0 Å². The van der Waals surface area contributed by atoms with Gasteiger partial charge in [-0.3, -0.25) is 9.59 Å². The van der Waals surface area contributed by atoms with E-state index < -0.39 is 24.0 Å². The van der Waals surface area contributed by atoms with Crippen LogP contribution in [0.4, 0.5) is 0 Å². The van der Waals surface area contributed by atoms with E-state index in [1.807, 2.05) is 60.7 Å². The predicted molar refractivity (Wildman–Crippen MR) is 102 cm³/mol. The highest BCUT2D eigenvalue weighted by molar-refractivity contribution is 5.90. The van der Waals surface area contributed by atoms with Crippen LogP contribution in [0.2, 0.25) is 0 Å². The molecule has 0 bridgehead atoms. The fraction of sp³-hybridized carbons (Fsp3) is 0.286. The molecule has 2 rings (SSSR count). The Hall–Kier alpha value is -3.15. The van der Waals surface area contributed by atoms with Gasteiger partial charge < -0.3 is 15.7 Å². The maximum absolute atomic E-state index is 12.6. The molecule has 142 valence electrons. The monoisotopic (exact) mass is 368 g/mol. The van der Waals surface area contributed by atoms with E-state index in [9.17, 15) is 19.5 Å². The molecule has 0 aliphatic carbocycles. The van der Waals surface area contributed by atoms with E-state index in [2.05, 4.69) is 10.6 Å². The van der Waals surface area contributed by atoms with Crippen molar-refractivity contribution in [2.75, 3.05) is 0 Å². The Kier molecular flexibility index (Phi) is 7.55. The van der Waals surface area contributed by atoms with E-state index in [0.717, 1.165) is 11.1 Å². The van der Waals surface area contributed by atoms with E-state index >= 15 is 0 Å². The molecule has 0 spiro atoms. The SMILES string of the molecule is CC(=O)N[C@@H](Cc1ccccc1)C(=O)N[C@H](CCc1ccccc1)C(=O)O. The maximum Gasteiger partial charge on any atom is 0.326 e. The zero-order chi connectivity index (χ0) is 19.6. The Morgan fingerprint density at radius 3 is 1.93 bits per heavy atom. The molecule has 0 aliphatic rings. The van der Waals surface area contributed by atoms with Gasteiger partial charge in [-0.25, -0.2) is 4.79 Å². The Morgan fingerprint density at radius 1 is 0.852 bits per heavy atom. The van der Waals surface area contributed by atoms with Gasteiger partial charge in [0.25, 0.3) is 0 Å². The van der Waals surface area contributed by atoms with Crippen LogP contribution in [0.15, 0.2) is 60.7 Å². The second kappa shape index (κ2) is 10.1. The summed E-state index contributed by atoms with van der Waals surface area (Å²) in [7, 11) is 0. The summed E-state index contributed by atoms with van der Waals surface area (Å²) < 4.78 is 0. The first-order chi connectivity index (χ1) is 13.0. The molecular formula is C21H24N2O4. The predicted octanol–water partition coefficient (Wildman–Crippen LogP) is 1.94. The summed E-state index contributed by atoms with van der Waals surface area (Å²) in [5, 5.41) is 14.6. The van der Waals surface area contributed by atoms with E-state index in [0.29, 0.717) is 6.42 Å². The largest absolute Gasteiger partial charge is 0.480 e. The van der Waals surface area contributed by atoms with Crippen LogP contribution in [-0.4, -0.2) is 35.0 Å². The van der Waals surface area contributed by atoms with Crippen molar-refractivity contribution >= 4 is 17.8 Å². The summed E-state index contributed by atoms with van der Waals surface area (Å²) in [5.41, 5.74) is 1.88. The van der Waals surface area contributed by atoms with Gasteiger partial charge in [-0.2, -0.15) is 0 Å². The number of carboxylic acids is 1. The first-order valence-corrected chi connectivity index (χ1v) is 8.84. The fourth-order valence-corrected chi connectivity index (χ4v) is 2.79. The normalized spacial score (nSPS) is 12.6. The second-order valence-electron chi connectivity index (χ2n) is 6.37. The van der Waals surface area contributed by atoms with E-state index in [1.165, 1.54) is 6.92 Å². The number of aliphatic carboxylic acids is 1. The molecule has 6 nitrogen and oxygen atoms in total. The number of aryl methyl sites for hydroxylation is 1. The third kappa shape index (κ3) is 6.93. The average molecular weight is 368 g/mol. The van der Waals surface area contributed by atoms with Gasteiger partial charge >= 0.3 is 5.97 Å². The Bertz CT molecular complexity index is 762. The molecule has 2 aromatic rings. The molecule has 0 aromatic heterocycles. The van der Waals surface area contributed by atoms with Crippen LogP contribution in [0.1, 0.15) is 24.5 Å². The minimum Gasteiger partial charge on any atom is -0.480 e. The van der Waals surface area contributed by atoms with Crippen molar-refractivity contribution in [1.82, 2.24) is 10.6 Å². The lowest BCUT2D eigenvalue weighted by molar-refractivity contribution is -0.142. The summed E-state index contributed by atoms with van der Waals surface area (Å²) in [5.74, 6) is -1.95. The van der Waals surface area contributed by atoms with Crippen molar-refractivity contribution in [2.24, 2.45) is 0 Å². The van der Waals surface area contributed by atoms with Crippen molar-refractivity contribution in [1.29, 1.82) is 0 Å². The van der Waals surface area contributed by atoms with Crippen molar-refractivity contribution in [2.45, 2.75) is 38.3 Å². The van der Waals surface area contributed by atoms with E-state index in [1.54, 1.807) is 0 Å². The molecule has 0 unspecified atom stereocenters. The summed E-state index contributed by atoms with van der Waals surface area (Å²) >= 11 is 0. The van der Waals surface area contributed by atoms with Gasteiger partial charge in [0.05, 0.1) is 0 Å². The number of carboxylic acid groups (broad SMARTS) is 1. The molecule has 6 heteroatoms. The topological polar surface area (TPSA) is 95.5 Å². The molecule has 2 aromatic carbocycles. The molecule has 2 atom stereocenters. The van der Waals surface area contributed by atoms with Gasteiger partial charge in [0.1, 0.15) is 12.1 Å². The highest BCUT2D eigenvalue weighted by atomic mass is 16.4. The number of rotatable bonds is 9. The van der Waals surface area contributed by atoms with Crippen LogP contribution in [0, 0.1) is 0 Å². The number of nitrogens with one attached hydrogen (secondary N) is 2. The fourth-order valence-electron chi connectivity index (χ4n) is 2.79. The van der Waals surface area contributed by atoms with E-state index in [-0.39, 0.29) is 18.7 Å². The van der Waals surface area contributed by atoms with Crippen molar-refractivity contribution in [3.8, 4) is 0 Å². The van der Waals surface area contributed by atoms with E-state index in [4.69, 9.17) is 0 Å². The van der Waals surface area contributed by atoms with Gasteiger partial charge in [-0.1, -0.05) is 60.7 Å². The molecule has 0 saturated carbocycles. The lowest BCUT2D eigenvalue weighted by atomic mass is 10.0. The second-order valence-corrected chi connectivity index (χ2v) is 6.37. The maximum atomic E-state index is 12.6. The Morgan fingerprint density at radius 2 is 1.41 bits per heavy atom. The summed E-state index contributed by atoms with van der Waals surface area (Å²) in [6.45, 7) is 1.33. The first kappa shape index (κ1) is 20.2. The molecule has 3 N–H and O–H groups in total. The van der Waals surface area contributed by atoms with Crippen molar-refractivity contribution < 1.29 is 19.5 Å². The quantitative estimate of drug-likeness (QED) is 0.630. The highest BCUT2D eigenvalue weighted by Gasteiger charge is 2.26. The van der Waals surface area contributed by atoms with Crippen LogP contribution in [0.5, 0.6) is 0 Å². The highest BCUT2D eigenvalue weighted by Crippen LogP contribution is 2.08. The van der Waals surface area contributed by atoms with Crippen LogP contribution in [-0.2, 0) is 27.2 Å². The minimum absolute atomic E-state index is 0.267. The number of hydrogen-bond donors (Lipinski definition) is 3. The lowest BCUT2D eigenvalue weighted by Gasteiger charge is -2.21. The molecule has 0 aliphatic heterocycles. The van der Waals surface area contributed by atoms with Gasteiger partial charge in [-0.05, 0) is 24.0 Å². The number of amides is 2. The third-order valence-corrected chi connectivity index (χ3v) is 4.16. The zero-order valence-corrected chi connectivity index (χ0v) is 15.2. The van der Waals surface area contributed by atoms with Gasteiger partial charge in [0, 0.05) is 13.3 Å². The molecule has 27 heavy (non-hydrogen) atoms. The first-order valence-electron chi connectivity index (χ1n) is 8.84. The molecular weight excluding hydrogens is 344 g/mol. The summed E-state index contributed by atoms with van der Waals surface area (Å²) in [6.07, 6.45) is 1.09. The number of carbonyl (C=O) groups excluding carboxylic acids is 2. The molecule has 0 fully saturated rings. The number of carbonyl (C=O) groups is 3. The average Bonchev–Trinajstić information content (AvgIpc) is 2.65. The minimum atomic E-state index is -1.10. The molecule has 2 amide bonds. The van der Waals surface area contributed by atoms with Crippen molar-refractivity contribution in [3.05, 3.63) is 71.8 Å².